The standard InChI is InChI=1S/C15H21NO5.Na/c1-2-3-4-5-6-7-10-21-15(18)12-8-9-14(17)13(11-12)16(19)20;/h8-9,11,17H,2-7,10H2,1H3;/q;+1/p-1. The van der Waals surface area contributed by atoms with E-state index in [1.54, 1.807) is 0 Å². The second-order valence-electron chi connectivity index (χ2n) is 4.84. The zero-order valence-corrected chi connectivity index (χ0v) is 15.2. The van der Waals surface area contributed by atoms with Crippen LogP contribution in [0.1, 0.15) is 55.8 Å². The first-order chi connectivity index (χ1) is 10.1. The van der Waals surface area contributed by atoms with E-state index in [9.17, 15) is 20.0 Å². The van der Waals surface area contributed by atoms with E-state index in [1.807, 2.05) is 0 Å². The van der Waals surface area contributed by atoms with Crippen LogP contribution in [0.25, 0.3) is 0 Å². The van der Waals surface area contributed by atoms with Crippen molar-refractivity contribution in [1.82, 2.24) is 0 Å². The second-order valence-corrected chi connectivity index (χ2v) is 4.84. The Balaban J connectivity index is 0.00000441. The SMILES string of the molecule is CCCCCCCCOC(=O)c1ccc([O-])c([N+](=O)[O-])c1.[Na+]. The molecule has 7 heteroatoms. The number of esters is 1. The van der Waals surface area contributed by atoms with Gasteiger partial charge in [0.1, 0.15) is 0 Å². The van der Waals surface area contributed by atoms with E-state index < -0.39 is 22.3 Å². The van der Waals surface area contributed by atoms with Crippen molar-refractivity contribution in [1.29, 1.82) is 0 Å². The maximum Gasteiger partial charge on any atom is 1.00 e. The molecule has 0 radical (unpaired) electrons. The van der Waals surface area contributed by atoms with E-state index >= 15 is 0 Å². The average Bonchev–Trinajstić information content (AvgIpc) is 2.46. The first-order valence-corrected chi connectivity index (χ1v) is 7.18. The summed E-state index contributed by atoms with van der Waals surface area (Å²) in [5.41, 5.74) is -0.573. The van der Waals surface area contributed by atoms with E-state index in [4.69, 9.17) is 4.74 Å². The molecule has 116 valence electrons. The molecule has 0 bridgehead atoms. The molecule has 0 saturated heterocycles. The zero-order valence-electron chi connectivity index (χ0n) is 13.2. The van der Waals surface area contributed by atoms with Crippen LogP contribution in [0.2, 0.25) is 0 Å². The number of rotatable bonds is 9. The first kappa shape index (κ1) is 20.9. The van der Waals surface area contributed by atoms with Gasteiger partial charge >= 0.3 is 35.5 Å². The predicted octanol–water partition coefficient (Wildman–Crippen LogP) is 0.190. The number of unbranched alkanes of at least 4 members (excludes halogenated alkanes) is 5. The van der Waals surface area contributed by atoms with Crippen LogP contribution in [-0.4, -0.2) is 17.5 Å². The number of carbonyl (C=O) groups excluding carboxylic acids is 1. The largest absolute Gasteiger partial charge is 1.00 e. The van der Waals surface area contributed by atoms with E-state index in [1.165, 1.54) is 25.3 Å². The van der Waals surface area contributed by atoms with Crippen LogP contribution in [0.5, 0.6) is 5.75 Å². The molecule has 22 heavy (non-hydrogen) atoms. The summed E-state index contributed by atoms with van der Waals surface area (Å²) in [5.74, 6) is -1.35. The molecule has 1 aromatic rings. The molecule has 0 aliphatic heterocycles. The Morgan fingerprint density at radius 2 is 1.82 bits per heavy atom. The molecular formula is C15H20NNaO5. The van der Waals surface area contributed by atoms with E-state index in [2.05, 4.69) is 6.92 Å². The fourth-order valence-corrected chi connectivity index (χ4v) is 1.92. The van der Waals surface area contributed by atoms with Gasteiger partial charge in [0.2, 0.25) is 0 Å². The van der Waals surface area contributed by atoms with Crippen molar-refractivity contribution in [3.05, 3.63) is 33.9 Å². The number of benzene rings is 1. The topological polar surface area (TPSA) is 92.5 Å². The van der Waals surface area contributed by atoms with E-state index in [0.717, 1.165) is 31.4 Å². The van der Waals surface area contributed by atoms with Crippen molar-refractivity contribution in [3.63, 3.8) is 0 Å². The van der Waals surface area contributed by atoms with Crippen molar-refractivity contribution in [2.45, 2.75) is 45.4 Å². The molecule has 0 aliphatic rings. The third-order valence-electron chi connectivity index (χ3n) is 3.12. The maximum atomic E-state index is 11.7. The average molecular weight is 317 g/mol. The van der Waals surface area contributed by atoms with Gasteiger partial charge in [0.25, 0.3) is 5.69 Å². The van der Waals surface area contributed by atoms with E-state index in [-0.39, 0.29) is 41.7 Å². The zero-order chi connectivity index (χ0) is 15.7. The molecule has 0 N–H and O–H groups in total. The molecular weight excluding hydrogens is 297 g/mol. The summed E-state index contributed by atoms with van der Waals surface area (Å²) in [7, 11) is 0. The summed E-state index contributed by atoms with van der Waals surface area (Å²) in [6, 6.07) is 3.23. The molecule has 0 spiro atoms. The molecule has 0 aromatic heterocycles. The van der Waals surface area contributed by atoms with Crippen LogP contribution in [0.3, 0.4) is 0 Å². The summed E-state index contributed by atoms with van der Waals surface area (Å²) in [4.78, 5) is 21.6. The number of nitrogens with zero attached hydrogens (tertiary/aromatic N) is 1. The van der Waals surface area contributed by atoms with Gasteiger partial charge in [-0.25, -0.2) is 4.79 Å². The number of nitro benzene ring substituents is 1. The summed E-state index contributed by atoms with van der Waals surface area (Å²) >= 11 is 0. The summed E-state index contributed by atoms with van der Waals surface area (Å²) < 4.78 is 5.05. The minimum absolute atomic E-state index is 0. The van der Waals surface area contributed by atoms with Gasteiger partial charge in [-0.3, -0.25) is 10.1 Å². The van der Waals surface area contributed by atoms with Crippen molar-refractivity contribution in [2.24, 2.45) is 0 Å². The van der Waals surface area contributed by atoms with E-state index in [0.29, 0.717) is 0 Å². The molecule has 6 nitrogen and oxygen atoms in total. The van der Waals surface area contributed by atoms with Gasteiger partial charge < -0.3 is 9.84 Å². The summed E-state index contributed by atoms with van der Waals surface area (Å²) in [6.07, 6.45) is 6.46. The van der Waals surface area contributed by atoms with Crippen LogP contribution in [0, 0.1) is 10.1 Å². The van der Waals surface area contributed by atoms with Crippen LogP contribution >= 0.6 is 0 Å². The molecule has 0 amide bonds. The monoisotopic (exact) mass is 317 g/mol. The van der Waals surface area contributed by atoms with Crippen molar-refractivity contribution in [2.75, 3.05) is 6.61 Å². The minimum Gasteiger partial charge on any atom is -0.868 e. The van der Waals surface area contributed by atoms with Gasteiger partial charge in [0.05, 0.1) is 17.1 Å². The van der Waals surface area contributed by atoms with Gasteiger partial charge in [-0.1, -0.05) is 45.1 Å². The minimum atomic E-state index is -0.799. The number of ether oxygens (including phenoxy) is 1. The van der Waals surface area contributed by atoms with Crippen LogP contribution < -0.4 is 34.7 Å². The van der Waals surface area contributed by atoms with Crippen molar-refractivity contribution >= 4 is 11.7 Å². The quantitative estimate of drug-likeness (QED) is 0.213. The van der Waals surface area contributed by atoms with Gasteiger partial charge in [0, 0.05) is 6.07 Å². The molecule has 0 unspecified atom stereocenters. The number of nitro groups is 1. The number of hydrogen-bond acceptors (Lipinski definition) is 5. The van der Waals surface area contributed by atoms with Gasteiger partial charge in [-0.05, 0) is 18.2 Å². The van der Waals surface area contributed by atoms with Gasteiger partial charge in [-0.2, -0.15) is 0 Å². The van der Waals surface area contributed by atoms with Crippen LogP contribution in [-0.2, 0) is 4.74 Å². The summed E-state index contributed by atoms with van der Waals surface area (Å²) in [5, 5.41) is 21.9. The fraction of sp³-hybridized carbons (Fsp3) is 0.533. The Morgan fingerprint density at radius 1 is 1.18 bits per heavy atom. The molecule has 0 saturated carbocycles. The third-order valence-corrected chi connectivity index (χ3v) is 3.12. The Kier molecular flexibility index (Phi) is 10.9. The van der Waals surface area contributed by atoms with Crippen molar-refractivity contribution in [3.8, 4) is 5.75 Å². The second kappa shape index (κ2) is 11.5. The summed E-state index contributed by atoms with van der Waals surface area (Å²) in [6.45, 7) is 2.44. The Labute approximate surface area is 152 Å². The maximum absolute atomic E-state index is 11.7. The normalized spacial score (nSPS) is 9.86. The third kappa shape index (κ3) is 7.24. The van der Waals surface area contributed by atoms with Gasteiger partial charge in [0.15, 0.2) is 0 Å². The van der Waals surface area contributed by atoms with Crippen LogP contribution in [0.4, 0.5) is 5.69 Å². The predicted molar refractivity (Wildman–Crippen MR) is 76.2 cm³/mol. The molecule has 0 aliphatic carbocycles. The number of hydrogen-bond donors (Lipinski definition) is 0. The molecule has 0 atom stereocenters. The van der Waals surface area contributed by atoms with Gasteiger partial charge in [-0.15, -0.1) is 0 Å². The smallest absolute Gasteiger partial charge is 0.868 e. The Hall–Kier alpha value is -1.11. The molecule has 0 heterocycles. The first-order valence-electron chi connectivity index (χ1n) is 7.18. The molecule has 1 aromatic carbocycles. The Morgan fingerprint density at radius 3 is 2.45 bits per heavy atom. The molecule has 0 fully saturated rings. The van der Waals surface area contributed by atoms with Crippen molar-refractivity contribution < 1.29 is 49.1 Å². The Bertz CT molecular complexity index is 493. The molecule has 1 rings (SSSR count). The fourth-order valence-electron chi connectivity index (χ4n) is 1.92. The van der Waals surface area contributed by atoms with Crippen LogP contribution in [0.15, 0.2) is 18.2 Å². The number of carbonyl (C=O) groups is 1.